The van der Waals surface area contributed by atoms with Gasteiger partial charge in [-0.3, -0.25) is 0 Å². The number of rotatable bonds is 0. The average molecular weight is 147 g/mol. The summed E-state index contributed by atoms with van der Waals surface area (Å²) in [6.07, 6.45) is 5.57. The third kappa shape index (κ3) is 0.941. The minimum Gasteiger partial charge on any atom is -0.387 e. The predicted octanol–water partition coefficient (Wildman–Crippen LogP) is 0.738. The summed E-state index contributed by atoms with van der Waals surface area (Å²) < 4.78 is 0. The van der Waals surface area contributed by atoms with Gasteiger partial charge < -0.3 is 11.1 Å². The van der Waals surface area contributed by atoms with E-state index in [9.17, 15) is 0 Å². The average Bonchev–Trinajstić information content (AvgIpc) is 2.06. The summed E-state index contributed by atoms with van der Waals surface area (Å²) in [5.74, 6) is 0.611. The zero-order valence-electron chi connectivity index (χ0n) is 6.04. The molecule has 3 N–H and O–H groups in total. The van der Waals surface area contributed by atoms with Crippen molar-refractivity contribution in [3.05, 3.63) is 29.6 Å². The van der Waals surface area contributed by atoms with Crippen LogP contribution in [0.5, 0.6) is 0 Å². The molecular weight excluding hydrogens is 138 g/mol. The Hall–Kier alpha value is -1.51. The van der Waals surface area contributed by atoms with E-state index in [1.807, 2.05) is 18.3 Å². The van der Waals surface area contributed by atoms with Crippen molar-refractivity contribution in [2.45, 2.75) is 6.54 Å². The summed E-state index contributed by atoms with van der Waals surface area (Å²) in [6, 6.07) is 1.97. The predicted molar refractivity (Wildman–Crippen MR) is 44.5 cm³/mol. The van der Waals surface area contributed by atoms with Crippen molar-refractivity contribution in [1.29, 1.82) is 0 Å². The number of hydrogen-bond acceptors (Lipinski definition) is 3. The van der Waals surface area contributed by atoms with Gasteiger partial charge in [0.15, 0.2) is 0 Å². The van der Waals surface area contributed by atoms with Crippen LogP contribution < -0.4 is 11.1 Å². The van der Waals surface area contributed by atoms with Crippen LogP contribution in [-0.2, 0) is 6.54 Å². The van der Waals surface area contributed by atoms with Gasteiger partial charge in [0, 0.05) is 18.3 Å². The first kappa shape index (κ1) is 6.22. The number of nitrogens with two attached hydrogens (primary N) is 1. The van der Waals surface area contributed by atoms with E-state index < -0.39 is 0 Å². The second kappa shape index (κ2) is 2.27. The lowest BCUT2D eigenvalue weighted by Gasteiger charge is -2.12. The van der Waals surface area contributed by atoms with E-state index in [0.29, 0.717) is 5.82 Å². The minimum atomic E-state index is 0.611. The molecule has 0 radical (unpaired) electrons. The molecule has 0 amide bonds. The van der Waals surface area contributed by atoms with Crippen LogP contribution >= 0.6 is 0 Å². The Morgan fingerprint density at radius 3 is 3.27 bits per heavy atom. The summed E-state index contributed by atoms with van der Waals surface area (Å²) in [5, 5.41) is 3.10. The van der Waals surface area contributed by atoms with Gasteiger partial charge in [-0.25, -0.2) is 4.98 Å². The van der Waals surface area contributed by atoms with E-state index in [2.05, 4.69) is 10.3 Å². The van der Waals surface area contributed by atoms with Gasteiger partial charge >= 0.3 is 0 Å². The Morgan fingerprint density at radius 1 is 1.55 bits per heavy atom. The standard InChI is InChI=1S/C8H9N3/c9-8-7-2-3-10-5-6(7)1-4-11-8/h1-4,10H,5H2,(H2,9,11). The summed E-state index contributed by atoms with van der Waals surface area (Å²) in [6.45, 7) is 0.846. The molecule has 0 spiro atoms. The lowest BCUT2D eigenvalue weighted by Crippen LogP contribution is -2.11. The fourth-order valence-electron chi connectivity index (χ4n) is 1.19. The maximum atomic E-state index is 5.65. The maximum Gasteiger partial charge on any atom is 0.131 e. The van der Waals surface area contributed by atoms with Gasteiger partial charge in [0.05, 0.1) is 0 Å². The van der Waals surface area contributed by atoms with Crippen LogP contribution in [0.15, 0.2) is 18.5 Å². The van der Waals surface area contributed by atoms with E-state index in [4.69, 9.17) is 5.73 Å². The number of aromatic nitrogens is 1. The van der Waals surface area contributed by atoms with Gasteiger partial charge in [0.25, 0.3) is 0 Å². The van der Waals surface area contributed by atoms with Crippen LogP contribution in [0.25, 0.3) is 6.08 Å². The number of nitrogens with zero attached hydrogens (tertiary/aromatic N) is 1. The van der Waals surface area contributed by atoms with Gasteiger partial charge in [-0.05, 0) is 23.9 Å². The number of nitrogen functional groups attached to an aromatic ring is 1. The molecule has 2 rings (SSSR count). The Balaban J connectivity index is 2.60. The Kier molecular flexibility index (Phi) is 1.28. The highest BCUT2D eigenvalue weighted by Gasteiger charge is 2.05. The Bertz CT molecular complexity index is 304. The molecule has 56 valence electrons. The zero-order valence-corrected chi connectivity index (χ0v) is 6.04. The summed E-state index contributed by atoms with van der Waals surface area (Å²) in [5.41, 5.74) is 7.91. The lowest BCUT2D eigenvalue weighted by molar-refractivity contribution is 0.856. The first-order valence-electron chi connectivity index (χ1n) is 3.51. The van der Waals surface area contributed by atoms with E-state index >= 15 is 0 Å². The first-order chi connectivity index (χ1) is 5.38. The Labute approximate surface area is 64.9 Å². The van der Waals surface area contributed by atoms with Gasteiger partial charge in [-0.2, -0.15) is 0 Å². The molecule has 1 aromatic heterocycles. The fourth-order valence-corrected chi connectivity index (χ4v) is 1.19. The molecule has 0 aliphatic carbocycles. The SMILES string of the molecule is Nc1nccc2c1C=CNC2. The zero-order chi connectivity index (χ0) is 7.68. The highest BCUT2D eigenvalue weighted by Crippen LogP contribution is 2.18. The quantitative estimate of drug-likeness (QED) is 0.569. The maximum absolute atomic E-state index is 5.65. The number of fused-ring (bicyclic) bond motifs is 1. The molecule has 11 heavy (non-hydrogen) atoms. The molecule has 0 aromatic carbocycles. The van der Waals surface area contributed by atoms with Crippen molar-refractivity contribution in [2.24, 2.45) is 0 Å². The third-order valence-electron chi connectivity index (χ3n) is 1.77. The summed E-state index contributed by atoms with van der Waals surface area (Å²) in [7, 11) is 0. The van der Waals surface area contributed by atoms with Crippen molar-refractivity contribution in [1.82, 2.24) is 10.3 Å². The van der Waals surface area contributed by atoms with Crippen LogP contribution in [0.2, 0.25) is 0 Å². The second-order valence-corrected chi connectivity index (χ2v) is 2.48. The number of anilines is 1. The van der Waals surface area contributed by atoms with Crippen LogP contribution in [0, 0.1) is 0 Å². The van der Waals surface area contributed by atoms with E-state index in [-0.39, 0.29) is 0 Å². The summed E-state index contributed by atoms with van der Waals surface area (Å²) in [4.78, 5) is 3.99. The largest absolute Gasteiger partial charge is 0.387 e. The third-order valence-corrected chi connectivity index (χ3v) is 1.77. The van der Waals surface area contributed by atoms with Gasteiger partial charge in [0.1, 0.15) is 5.82 Å². The molecule has 1 aliphatic heterocycles. The van der Waals surface area contributed by atoms with Crippen LogP contribution in [-0.4, -0.2) is 4.98 Å². The van der Waals surface area contributed by atoms with E-state index in [1.54, 1.807) is 6.20 Å². The molecule has 0 saturated heterocycles. The first-order valence-corrected chi connectivity index (χ1v) is 3.51. The van der Waals surface area contributed by atoms with Crippen LogP contribution in [0.1, 0.15) is 11.1 Å². The number of hydrogen-bond donors (Lipinski definition) is 2. The highest BCUT2D eigenvalue weighted by molar-refractivity contribution is 5.65. The monoisotopic (exact) mass is 147 g/mol. The smallest absolute Gasteiger partial charge is 0.131 e. The highest BCUT2D eigenvalue weighted by atomic mass is 14.9. The Morgan fingerprint density at radius 2 is 2.45 bits per heavy atom. The molecule has 0 bridgehead atoms. The molecule has 0 atom stereocenters. The van der Waals surface area contributed by atoms with E-state index in [0.717, 1.165) is 12.1 Å². The number of nitrogens with one attached hydrogen (secondary N) is 1. The van der Waals surface area contributed by atoms with Crippen molar-refractivity contribution < 1.29 is 0 Å². The van der Waals surface area contributed by atoms with Gasteiger partial charge in [-0.15, -0.1) is 0 Å². The van der Waals surface area contributed by atoms with Crippen molar-refractivity contribution in [2.75, 3.05) is 5.73 Å². The molecule has 3 nitrogen and oxygen atoms in total. The molecule has 0 saturated carbocycles. The minimum absolute atomic E-state index is 0.611. The van der Waals surface area contributed by atoms with Gasteiger partial charge in [0.2, 0.25) is 0 Å². The topological polar surface area (TPSA) is 50.9 Å². The molecule has 0 fully saturated rings. The molecule has 0 unspecified atom stereocenters. The van der Waals surface area contributed by atoms with Crippen LogP contribution in [0.4, 0.5) is 5.82 Å². The summed E-state index contributed by atoms with van der Waals surface area (Å²) >= 11 is 0. The lowest BCUT2D eigenvalue weighted by atomic mass is 10.1. The second-order valence-electron chi connectivity index (χ2n) is 2.48. The molecular formula is C8H9N3. The molecule has 1 aromatic rings. The van der Waals surface area contributed by atoms with Crippen molar-refractivity contribution >= 4 is 11.9 Å². The van der Waals surface area contributed by atoms with E-state index in [1.165, 1.54) is 5.56 Å². The fraction of sp³-hybridized carbons (Fsp3) is 0.125. The van der Waals surface area contributed by atoms with Gasteiger partial charge in [-0.1, -0.05) is 0 Å². The van der Waals surface area contributed by atoms with Crippen molar-refractivity contribution in [3.63, 3.8) is 0 Å². The molecule has 2 heterocycles. The van der Waals surface area contributed by atoms with Crippen LogP contribution in [0.3, 0.4) is 0 Å². The molecule has 3 heteroatoms. The number of pyridine rings is 1. The molecule has 1 aliphatic rings. The normalized spacial score (nSPS) is 13.8. The van der Waals surface area contributed by atoms with Crippen molar-refractivity contribution in [3.8, 4) is 0 Å².